The summed E-state index contributed by atoms with van der Waals surface area (Å²) in [6.45, 7) is 4.40. The van der Waals surface area contributed by atoms with Gasteiger partial charge in [-0.05, 0) is 5.56 Å². The minimum absolute atomic E-state index is 0.0366. The number of imidazole rings is 1. The lowest BCUT2D eigenvalue weighted by atomic mass is 9.76. The molecule has 0 spiro atoms. The Morgan fingerprint density at radius 3 is 2.75 bits per heavy atom. The molecule has 4 heteroatoms. The average Bonchev–Trinajstić information content (AvgIpc) is 3.00. The van der Waals surface area contributed by atoms with Crippen LogP contribution in [0.1, 0.15) is 25.1 Å². The zero-order valence-electron chi connectivity index (χ0n) is 11.8. The normalized spacial score (nSPS) is 13.8. The monoisotopic (exact) mass is 285 g/mol. The molecule has 0 amide bonds. The zero-order chi connectivity index (χ0) is 14.2. The largest absolute Gasteiger partial charge is 0.327 e. The Morgan fingerprint density at radius 1 is 1.30 bits per heavy atom. The Kier molecular flexibility index (Phi) is 3.36. The molecule has 3 rings (SSSR count). The maximum Gasteiger partial charge on any atom is 0.193 e. The van der Waals surface area contributed by atoms with Gasteiger partial charge in [0.15, 0.2) is 4.96 Å². The molecule has 0 fully saturated rings. The van der Waals surface area contributed by atoms with Crippen LogP contribution < -0.4 is 5.73 Å². The third-order valence-electron chi connectivity index (χ3n) is 4.02. The summed E-state index contributed by atoms with van der Waals surface area (Å²) in [5.74, 6) is 0. The van der Waals surface area contributed by atoms with Crippen molar-refractivity contribution in [3.63, 3.8) is 0 Å². The third kappa shape index (κ3) is 2.37. The first-order valence-electron chi connectivity index (χ1n) is 6.79. The van der Waals surface area contributed by atoms with Gasteiger partial charge in [-0.15, -0.1) is 11.3 Å². The molecule has 0 aliphatic rings. The Bertz CT molecular complexity index is 668. The summed E-state index contributed by atoms with van der Waals surface area (Å²) < 4.78 is 2.06. The van der Waals surface area contributed by atoms with Gasteiger partial charge in [-0.3, -0.25) is 4.40 Å². The molecular weight excluding hydrogens is 266 g/mol. The first kappa shape index (κ1) is 13.3. The van der Waals surface area contributed by atoms with Crippen molar-refractivity contribution >= 4 is 16.3 Å². The lowest BCUT2D eigenvalue weighted by molar-refractivity contribution is 0.404. The molecule has 1 aromatic carbocycles. The molecule has 104 valence electrons. The van der Waals surface area contributed by atoms with E-state index in [4.69, 9.17) is 5.73 Å². The van der Waals surface area contributed by atoms with E-state index in [1.807, 2.05) is 17.6 Å². The minimum atomic E-state index is -0.0711. The van der Waals surface area contributed by atoms with Crippen LogP contribution in [0.25, 0.3) is 4.96 Å². The standard InChI is InChI=1S/C16H19N3S/c1-16(2,12-6-4-3-5-7-12)14(17)10-13-11-19-8-9-20-15(19)18-13/h3-9,11,14H,10,17H2,1-2H3. The van der Waals surface area contributed by atoms with E-state index in [9.17, 15) is 0 Å². The van der Waals surface area contributed by atoms with Crippen LogP contribution in [0.2, 0.25) is 0 Å². The maximum absolute atomic E-state index is 6.46. The van der Waals surface area contributed by atoms with Crippen molar-refractivity contribution in [2.75, 3.05) is 0 Å². The molecule has 0 saturated carbocycles. The summed E-state index contributed by atoms with van der Waals surface area (Å²) in [6, 6.07) is 10.5. The van der Waals surface area contributed by atoms with Crippen molar-refractivity contribution in [2.45, 2.75) is 31.7 Å². The molecule has 0 radical (unpaired) electrons. The van der Waals surface area contributed by atoms with E-state index in [0.29, 0.717) is 0 Å². The second-order valence-corrected chi connectivity index (χ2v) is 6.60. The number of nitrogens with two attached hydrogens (primary N) is 1. The van der Waals surface area contributed by atoms with E-state index >= 15 is 0 Å². The highest BCUT2D eigenvalue weighted by Crippen LogP contribution is 2.27. The Morgan fingerprint density at radius 2 is 2.05 bits per heavy atom. The van der Waals surface area contributed by atoms with Gasteiger partial charge in [-0.2, -0.15) is 0 Å². The van der Waals surface area contributed by atoms with Gasteiger partial charge in [-0.25, -0.2) is 4.98 Å². The molecular formula is C16H19N3S. The van der Waals surface area contributed by atoms with Crippen LogP contribution in [0, 0.1) is 0 Å². The van der Waals surface area contributed by atoms with Gasteiger partial charge >= 0.3 is 0 Å². The van der Waals surface area contributed by atoms with Gasteiger partial charge in [-0.1, -0.05) is 44.2 Å². The minimum Gasteiger partial charge on any atom is -0.327 e. The van der Waals surface area contributed by atoms with Crippen molar-refractivity contribution in [2.24, 2.45) is 5.73 Å². The first-order valence-corrected chi connectivity index (χ1v) is 7.67. The lowest BCUT2D eigenvalue weighted by Gasteiger charge is -2.32. The molecule has 1 atom stereocenters. The quantitative estimate of drug-likeness (QED) is 0.799. The first-order chi connectivity index (χ1) is 9.57. The number of nitrogens with zero attached hydrogens (tertiary/aromatic N) is 2. The number of thiazole rings is 1. The number of benzene rings is 1. The fourth-order valence-corrected chi connectivity index (χ4v) is 3.16. The van der Waals surface area contributed by atoms with Gasteiger partial charge in [0.05, 0.1) is 5.69 Å². The Balaban J connectivity index is 1.81. The van der Waals surface area contributed by atoms with Crippen LogP contribution in [0.3, 0.4) is 0 Å². The highest BCUT2D eigenvalue weighted by molar-refractivity contribution is 7.15. The van der Waals surface area contributed by atoms with Gasteiger partial charge in [0.25, 0.3) is 0 Å². The zero-order valence-corrected chi connectivity index (χ0v) is 12.6. The van der Waals surface area contributed by atoms with Crippen molar-refractivity contribution in [3.05, 3.63) is 59.4 Å². The van der Waals surface area contributed by atoms with Crippen LogP contribution >= 0.6 is 11.3 Å². The van der Waals surface area contributed by atoms with Gasteiger partial charge in [0.1, 0.15) is 0 Å². The maximum atomic E-state index is 6.46. The topological polar surface area (TPSA) is 43.3 Å². The van der Waals surface area contributed by atoms with E-state index in [1.165, 1.54) is 5.56 Å². The SMILES string of the molecule is CC(C)(c1ccccc1)C(N)Cc1cn2ccsc2n1. The fourth-order valence-electron chi connectivity index (χ4n) is 2.44. The molecule has 2 heterocycles. The van der Waals surface area contributed by atoms with Gasteiger partial charge in [0.2, 0.25) is 0 Å². The van der Waals surface area contributed by atoms with Crippen LogP contribution in [0.5, 0.6) is 0 Å². The van der Waals surface area contributed by atoms with Crippen molar-refractivity contribution in [3.8, 4) is 0 Å². The van der Waals surface area contributed by atoms with E-state index in [2.05, 4.69) is 53.7 Å². The summed E-state index contributed by atoms with van der Waals surface area (Å²) in [6.07, 6.45) is 4.90. The predicted molar refractivity (Wildman–Crippen MR) is 84.2 cm³/mol. The van der Waals surface area contributed by atoms with Crippen LogP contribution in [0.4, 0.5) is 0 Å². The molecule has 0 saturated heterocycles. The van der Waals surface area contributed by atoms with Crippen LogP contribution in [-0.4, -0.2) is 15.4 Å². The Hall–Kier alpha value is -1.65. The van der Waals surface area contributed by atoms with E-state index < -0.39 is 0 Å². The van der Waals surface area contributed by atoms with Crippen molar-refractivity contribution < 1.29 is 0 Å². The smallest absolute Gasteiger partial charge is 0.193 e. The molecule has 2 aromatic heterocycles. The summed E-state index contributed by atoms with van der Waals surface area (Å²) in [7, 11) is 0. The van der Waals surface area contributed by atoms with Gasteiger partial charge in [0, 0.05) is 35.7 Å². The summed E-state index contributed by atoms with van der Waals surface area (Å²) in [5.41, 5.74) is 8.72. The lowest BCUT2D eigenvalue weighted by Crippen LogP contribution is -2.42. The highest BCUT2D eigenvalue weighted by atomic mass is 32.1. The molecule has 1 unspecified atom stereocenters. The summed E-state index contributed by atoms with van der Waals surface area (Å²) in [4.78, 5) is 5.65. The second-order valence-electron chi connectivity index (χ2n) is 5.72. The number of hydrogen-bond donors (Lipinski definition) is 1. The molecule has 2 N–H and O–H groups in total. The van der Waals surface area contributed by atoms with Crippen molar-refractivity contribution in [1.82, 2.24) is 9.38 Å². The highest BCUT2D eigenvalue weighted by Gasteiger charge is 2.29. The number of aromatic nitrogens is 2. The van der Waals surface area contributed by atoms with Crippen molar-refractivity contribution in [1.29, 1.82) is 0 Å². The molecule has 0 aliphatic heterocycles. The van der Waals surface area contributed by atoms with E-state index in [0.717, 1.165) is 17.1 Å². The molecule has 3 aromatic rings. The van der Waals surface area contributed by atoms with E-state index in [1.54, 1.807) is 11.3 Å². The van der Waals surface area contributed by atoms with Gasteiger partial charge < -0.3 is 5.73 Å². The molecule has 3 nitrogen and oxygen atoms in total. The fraction of sp³-hybridized carbons (Fsp3) is 0.312. The number of rotatable bonds is 4. The molecule has 20 heavy (non-hydrogen) atoms. The molecule has 0 aliphatic carbocycles. The third-order valence-corrected chi connectivity index (χ3v) is 4.79. The van der Waals surface area contributed by atoms with Crippen LogP contribution in [-0.2, 0) is 11.8 Å². The summed E-state index contributed by atoms with van der Waals surface area (Å²) >= 11 is 1.65. The average molecular weight is 285 g/mol. The van der Waals surface area contributed by atoms with E-state index in [-0.39, 0.29) is 11.5 Å². The summed E-state index contributed by atoms with van der Waals surface area (Å²) in [5, 5.41) is 2.04. The predicted octanol–water partition coefficient (Wildman–Crippen LogP) is 3.24. The van der Waals surface area contributed by atoms with Crippen LogP contribution in [0.15, 0.2) is 48.1 Å². The second kappa shape index (κ2) is 5.04. The number of hydrogen-bond acceptors (Lipinski definition) is 3. The molecule has 0 bridgehead atoms. The number of fused-ring (bicyclic) bond motifs is 1. The Labute approximate surface area is 123 Å².